The minimum Gasteiger partial charge on any atom is -0.378 e. The molecule has 0 aliphatic carbocycles. The third-order valence-corrected chi connectivity index (χ3v) is 6.51. The molecule has 172 valence electrons. The van der Waals surface area contributed by atoms with Gasteiger partial charge in [0, 0.05) is 49.4 Å². The van der Waals surface area contributed by atoms with Gasteiger partial charge in [0.1, 0.15) is 17.5 Å². The van der Waals surface area contributed by atoms with Crippen LogP contribution >= 0.6 is 0 Å². The van der Waals surface area contributed by atoms with Crippen LogP contribution in [-0.2, 0) is 0 Å². The van der Waals surface area contributed by atoms with E-state index >= 15 is 0 Å². The summed E-state index contributed by atoms with van der Waals surface area (Å²) >= 11 is 0. The maximum absolute atomic E-state index is 12.2. The summed E-state index contributed by atoms with van der Waals surface area (Å²) in [5, 5.41) is 27.7. The zero-order valence-corrected chi connectivity index (χ0v) is 19.4. The van der Waals surface area contributed by atoms with Gasteiger partial charge in [-0.05, 0) is 49.2 Å². The first-order valence-electron chi connectivity index (χ1n) is 10.5. The zero-order valence-electron chi connectivity index (χ0n) is 19.4. The monoisotopic (exact) mass is 441 g/mol. The summed E-state index contributed by atoms with van der Waals surface area (Å²) in [7, 11) is 7.69. The highest BCUT2D eigenvalue weighted by Gasteiger charge is 2.62. The molecule has 1 heterocycles. The van der Waals surface area contributed by atoms with E-state index in [-0.39, 0.29) is 9.85 Å². The van der Waals surface area contributed by atoms with E-state index in [1.54, 1.807) is 13.8 Å². The number of hydrogen-bond acceptors (Lipinski definition) is 7. The first kappa shape index (κ1) is 23.5. The number of nitro groups is 2. The van der Waals surface area contributed by atoms with Crippen molar-refractivity contribution in [3.05, 3.63) is 79.9 Å². The lowest BCUT2D eigenvalue weighted by Gasteiger charge is -2.44. The third-order valence-electron chi connectivity index (χ3n) is 6.51. The Labute approximate surface area is 188 Å². The Balaban J connectivity index is 2.10. The van der Waals surface area contributed by atoms with Gasteiger partial charge in [-0.1, -0.05) is 24.3 Å². The molecular formula is C23H31N5O4. The highest BCUT2D eigenvalue weighted by molar-refractivity contribution is 5.48. The van der Waals surface area contributed by atoms with Crippen molar-refractivity contribution in [1.29, 1.82) is 0 Å². The van der Waals surface area contributed by atoms with Gasteiger partial charge in [0.05, 0.1) is 0 Å². The number of rotatable bonds is 6. The van der Waals surface area contributed by atoms with Crippen molar-refractivity contribution in [2.45, 2.75) is 38.0 Å². The Bertz CT molecular complexity index is 895. The summed E-state index contributed by atoms with van der Waals surface area (Å²) < 4.78 is 0. The predicted molar refractivity (Wildman–Crippen MR) is 126 cm³/mol. The number of piperidine rings is 1. The second-order valence-corrected chi connectivity index (χ2v) is 9.38. The summed E-state index contributed by atoms with van der Waals surface area (Å²) in [6.07, 6.45) is 0. The highest BCUT2D eigenvalue weighted by atomic mass is 16.6. The van der Waals surface area contributed by atoms with Crippen LogP contribution in [0.2, 0.25) is 0 Å². The van der Waals surface area contributed by atoms with Crippen LogP contribution in [0.5, 0.6) is 0 Å². The van der Waals surface area contributed by atoms with E-state index in [1.165, 1.54) is 0 Å². The van der Waals surface area contributed by atoms with Crippen molar-refractivity contribution in [3.8, 4) is 0 Å². The topological polar surface area (TPSA) is 105 Å². The van der Waals surface area contributed by atoms with Gasteiger partial charge >= 0.3 is 0 Å². The van der Waals surface area contributed by atoms with Crippen molar-refractivity contribution < 1.29 is 9.85 Å². The van der Waals surface area contributed by atoms with Gasteiger partial charge in [0.2, 0.25) is 12.1 Å². The summed E-state index contributed by atoms with van der Waals surface area (Å²) in [6, 6.07) is 11.4. The highest BCUT2D eigenvalue weighted by Crippen LogP contribution is 2.47. The van der Waals surface area contributed by atoms with Gasteiger partial charge < -0.3 is 9.80 Å². The normalized spacial score (nSPS) is 24.6. The molecule has 0 spiro atoms. The molecule has 4 atom stereocenters. The molecular weight excluding hydrogens is 410 g/mol. The Morgan fingerprint density at radius 3 is 1.28 bits per heavy atom. The lowest BCUT2D eigenvalue weighted by Crippen LogP contribution is -2.63. The summed E-state index contributed by atoms with van der Waals surface area (Å²) in [6.45, 7) is 3.27. The van der Waals surface area contributed by atoms with Crippen molar-refractivity contribution in [2.75, 3.05) is 38.0 Å². The van der Waals surface area contributed by atoms with Crippen molar-refractivity contribution >= 4 is 11.4 Å². The molecule has 1 N–H and O–H groups in total. The molecule has 9 heteroatoms. The fraction of sp³-hybridized carbons (Fsp3) is 0.478. The number of anilines is 2. The second kappa shape index (κ2) is 8.74. The van der Waals surface area contributed by atoms with E-state index in [2.05, 4.69) is 5.32 Å². The molecule has 0 bridgehead atoms. The molecule has 9 nitrogen and oxygen atoms in total. The minimum atomic E-state index is -1.20. The average Bonchev–Trinajstić information content (AvgIpc) is 2.71. The van der Waals surface area contributed by atoms with E-state index in [0.29, 0.717) is 0 Å². The Morgan fingerprint density at radius 1 is 0.719 bits per heavy atom. The fourth-order valence-electron chi connectivity index (χ4n) is 4.71. The molecule has 2 aromatic rings. The van der Waals surface area contributed by atoms with Crippen LogP contribution in [0.1, 0.15) is 37.1 Å². The molecule has 32 heavy (non-hydrogen) atoms. The quantitative estimate of drug-likeness (QED) is 0.540. The third kappa shape index (κ3) is 4.25. The van der Waals surface area contributed by atoms with Crippen LogP contribution in [0.25, 0.3) is 0 Å². The van der Waals surface area contributed by atoms with E-state index in [4.69, 9.17) is 0 Å². The van der Waals surface area contributed by atoms with Gasteiger partial charge in [-0.2, -0.15) is 0 Å². The fourth-order valence-corrected chi connectivity index (χ4v) is 4.71. The first-order chi connectivity index (χ1) is 14.9. The molecule has 2 aromatic carbocycles. The summed E-state index contributed by atoms with van der Waals surface area (Å²) in [5.74, 6) is 0. The molecule has 0 radical (unpaired) electrons. The number of nitrogens with zero attached hydrogens (tertiary/aromatic N) is 4. The molecule has 1 fully saturated rings. The SMILES string of the molecule is CN(C)c1ccc([C@H]2N[C@@H](c3ccc(N(C)C)cc3)[C@@H]([N+](=O)[O-])C(C)(C)[C@@H]2[N+](=O)[O-])cc1. The van der Waals surface area contributed by atoms with Crippen LogP contribution < -0.4 is 15.1 Å². The van der Waals surface area contributed by atoms with Crippen LogP contribution in [0, 0.1) is 25.6 Å². The number of nitrogens with one attached hydrogen (secondary N) is 1. The summed E-state index contributed by atoms with van der Waals surface area (Å²) in [5.41, 5.74) is 2.22. The van der Waals surface area contributed by atoms with Crippen molar-refractivity contribution in [3.63, 3.8) is 0 Å². The van der Waals surface area contributed by atoms with E-state index < -0.39 is 29.6 Å². The van der Waals surface area contributed by atoms with Gasteiger partial charge in [-0.15, -0.1) is 0 Å². The Kier molecular flexibility index (Phi) is 6.41. The van der Waals surface area contributed by atoms with Crippen LogP contribution in [0.4, 0.5) is 11.4 Å². The Morgan fingerprint density at radius 2 is 1.03 bits per heavy atom. The molecule has 3 rings (SSSR count). The zero-order chi connectivity index (χ0) is 23.8. The molecule has 0 aromatic heterocycles. The largest absolute Gasteiger partial charge is 0.378 e. The van der Waals surface area contributed by atoms with E-state index in [1.807, 2.05) is 86.5 Å². The molecule has 0 amide bonds. The molecule has 0 saturated carbocycles. The standard InChI is InChI=1S/C23H31N5O4/c1-23(2)21(27(29)30)19(15-7-11-17(12-8-15)25(3)4)24-20(22(23)28(31)32)16-9-13-18(14-10-16)26(5)6/h7-14,19-22,24H,1-6H3/t19-,20+,21-,22-/m1/s1. The van der Waals surface area contributed by atoms with Crippen LogP contribution in [0.3, 0.4) is 0 Å². The Hall–Kier alpha value is -3.20. The van der Waals surface area contributed by atoms with Crippen molar-refractivity contribution in [1.82, 2.24) is 5.32 Å². The molecule has 0 unspecified atom stereocenters. The lowest BCUT2D eigenvalue weighted by atomic mass is 9.66. The predicted octanol–water partition coefficient (Wildman–Crippen LogP) is 3.52. The van der Waals surface area contributed by atoms with Gasteiger partial charge in [0.15, 0.2) is 0 Å². The second-order valence-electron chi connectivity index (χ2n) is 9.38. The van der Waals surface area contributed by atoms with Crippen LogP contribution in [0.15, 0.2) is 48.5 Å². The van der Waals surface area contributed by atoms with Gasteiger partial charge in [-0.25, -0.2) is 0 Å². The first-order valence-corrected chi connectivity index (χ1v) is 10.5. The molecule has 1 aliphatic rings. The van der Waals surface area contributed by atoms with E-state index in [9.17, 15) is 20.2 Å². The maximum atomic E-state index is 12.2. The summed E-state index contributed by atoms with van der Waals surface area (Å²) in [4.78, 5) is 27.5. The lowest BCUT2D eigenvalue weighted by molar-refractivity contribution is -0.605. The number of benzene rings is 2. The minimum absolute atomic E-state index is 0.376. The van der Waals surface area contributed by atoms with Crippen molar-refractivity contribution in [2.24, 2.45) is 5.41 Å². The maximum Gasteiger partial charge on any atom is 0.243 e. The molecule has 1 saturated heterocycles. The van der Waals surface area contributed by atoms with E-state index in [0.717, 1.165) is 22.5 Å². The average molecular weight is 442 g/mol. The van der Waals surface area contributed by atoms with Crippen LogP contribution in [-0.4, -0.2) is 50.1 Å². The van der Waals surface area contributed by atoms with Gasteiger partial charge in [-0.3, -0.25) is 25.5 Å². The number of hydrogen-bond donors (Lipinski definition) is 1. The molecule has 1 aliphatic heterocycles. The van der Waals surface area contributed by atoms with Gasteiger partial charge in [0.25, 0.3) is 0 Å². The smallest absolute Gasteiger partial charge is 0.243 e.